The summed E-state index contributed by atoms with van der Waals surface area (Å²) in [6.07, 6.45) is 3.95. The molecule has 0 unspecified atom stereocenters. The highest BCUT2D eigenvalue weighted by molar-refractivity contribution is 5.98. The number of carbonyl (C=O) groups is 4. The van der Waals surface area contributed by atoms with Crippen molar-refractivity contribution in [1.29, 1.82) is 0 Å². The average molecular weight is 530 g/mol. The second kappa shape index (κ2) is 12.7. The first kappa shape index (κ1) is 28.0. The van der Waals surface area contributed by atoms with Gasteiger partial charge in [0, 0.05) is 32.2 Å². The normalized spacial score (nSPS) is 26.0. The molecule has 1 aromatic rings. The number of halogens is 1. The summed E-state index contributed by atoms with van der Waals surface area (Å²) in [5.74, 6) is -1.98. The molecule has 0 saturated carbocycles. The number of hydrogen-bond acceptors (Lipinski definition) is 5. The summed E-state index contributed by atoms with van der Waals surface area (Å²) < 4.78 is 14.7. The van der Waals surface area contributed by atoms with Crippen molar-refractivity contribution in [2.45, 2.75) is 64.5 Å². The molecule has 0 spiro atoms. The first-order chi connectivity index (χ1) is 18.2. The van der Waals surface area contributed by atoms with E-state index in [-0.39, 0.29) is 48.2 Å². The summed E-state index contributed by atoms with van der Waals surface area (Å²) in [5, 5.41) is 9.22. The molecule has 1 aromatic carbocycles. The number of fused-ring (bicyclic) bond motifs is 3. The van der Waals surface area contributed by atoms with Gasteiger partial charge in [-0.1, -0.05) is 19.9 Å². The van der Waals surface area contributed by atoms with E-state index in [1.165, 1.54) is 11.0 Å². The van der Waals surface area contributed by atoms with Crippen molar-refractivity contribution in [2.24, 2.45) is 11.8 Å². The summed E-state index contributed by atoms with van der Waals surface area (Å²) >= 11 is 0. The fraction of sp³-hybridized carbons (Fsp3) is 0.643. The molecule has 2 bridgehead atoms. The molecule has 2 saturated heterocycles. The lowest BCUT2D eigenvalue weighted by molar-refractivity contribution is -0.141. The smallest absolute Gasteiger partial charge is 0.257 e. The van der Waals surface area contributed by atoms with E-state index in [1.54, 1.807) is 17.0 Å². The molecule has 4 rings (SSSR count). The molecule has 3 heterocycles. The molecule has 0 aromatic heterocycles. The van der Waals surface area contributed by atoms with Crippen molar-refractivity contribution < 1.29 is 23.6 Å². The predicted molar refractivity (Wildman–Crippen MR) is 141 cm³/mol. The first-order valence-electron chi connectivity index (χ1n) is 13.9. The van der Waals surface area contributed by atoms with Gasteiger partial charge in [-0.3, -0.25) is 19.2 Å². The topological polar surface area (TPSA) is 111 Å². The molecular formula is C28H40FN5O4. The quantitative estimate of drug-likeness (QED) is 0.537. The van der Waals surface area contributed by atoms with E-state index < -0.39 is 23.8 Å². The second-order valence-electron chi connectivity index (χ2n) is 11.0. The van der Waals surface area contributed by atoms with E-state index >= 15 is 0 Å². The Balaban J connectivity index is 1.61. The van der Waals surface area contributed by atoms with Gasteiger partial charge < -0.3 is 25.8 Å². The van der Waals surface area contributed by atoms with Crippen LogP contribution in [-0.4, -0.2) is 84.8 Å². The molecule has 208 valence electrons. The number of hydrogen-bond donors (Lipinski definition) is 3. The van der Waals surface area contributed by atoms with Crippen molar-refractivity contribution in [3.05, 3.63) is 35.1 Å². The number of aryl methyl sites for hydroxylation is 1. The molecule has 3 N–H and O–H groups in total. The molecular weight excluding hydrogens is 489 g/mol. The highest BCUT2D eigenvalue weighted by atomic mass is 19.1. The minimum atomic E-state index is -0.711. The Morgan fingerprint density at radius 1 is 1.08 bits per heavy atom. The van der Waals surface area contributed by atoms with Gasteiger partial charge in [0.2, 0.25) is 17.7 Å². The number of nitrogens with one attached hydrogen (secondary N) is 3. The van der Waals surface area contributed by atoms with E-state index in [1.807, 2.05) is 13.8 Å². The zero-order chi connectivity index (χ0) is 27.2. The maximum absolute atomic E-state index is 14.7. The van der Waals surface area contributed by atoms with Gasteiger partial charge in [0.15, 0.2) is 0 Å². The van der Waals surface area contributed by atoms with Gasteiger partial charge in [0.05, 0.1) is 18.0 Å². The minimum Gasteiger partial charge on any atom is -0.355 e. The van der Waals surface area contributed by atoms with E-state index in [0.717, 1.165) is 24.9 Å². The molecule has 3 aliphatic heterocycles. The largest absolute Gasteiger partial charge is 0.355 e. The van der Waals surface area contributed by atoms with E-state index in [0.29, 0.717) is 45.3 Å². The Labute approximate surface area is 223 Å². The van der Waals surface area contributed by atoms with Crippen LogP contribution in [0, 0.1) is 17.7 Å². The maximum Gasteiger partial charge on any atom is 0.257 e. The van der Waals surface area contributed by atoms with Crippen molar-refractivity contribution in [3.8, 4) is 0 Å². The molecule has 0 radical (unpaired) electrons. The number of benzene rings is 1. The number of piperidine rings is 1. The maximum atomic E-state index is 14.7. The van der Waals surface area contributed by atoms with Crippen molar-refractivity contribution in [1.82, 2.24) is 25.8 Å². The van der Waals surface area contributed by atoms with Gasteiger partial charge in [-0.05, 0) is 68.7 Å². The Morgan fingerprint density at radius 2 is 1.89 bits per heavy atom. The standard InChI is InChI=1S/C28H40FN5O4/c1-18(2)23-16-33(27(37)20-7-4-11-30-15-20)17-25(35)31-12-3-6-19-9-10-22(29)21(14-19)28(38)34-13-5-8-24(34)26(36)32-23/h9-10,14,18,20,23-24,30H,3-8,11-13,15-17H2,1-2H3,(H,31,35)(H,32,36)/t20-,23-,24-/m0/s1. The first-order valence-corrected chi connectivity index (χ1v) is 13.9. The third kappa shape index (κ3) is 6.70. The SMILES string of the molecule is CC(C)[C@@H]1CN(C(=O)[C@H]2CCCNC2)CC(=O)NCCCc2ccc(F)c(c2)C(=O)N2CCC[C@H]2C(=O)N1. The van der Waals surface area contributed by atoms with Crippen LogP contribution in [-0.2, 0) is 20.8 Å². The molecule has 2 fully saturated rings. The fourth-order valence-corrected chi connectivity index (χ4v) is 5.57. The van der Waals surface area contributed by atoms with Crippen LogP contribution in [0.25, 0.3) is 0 Å². The summed E-state index contributed by atoms with van der Waals surface area (Å²) in [4.78, 5) is 56.3. The Morgan fingerprint density at radius 3 is 2.63 bits per heavy atom. The lowest BCUT2D eigenvalue weighted by atomic mass is 9.96. The van der Waals surface area contributed by atoms with Crippen LogP contribution < -0.4 is 16.0 Å². The molecule has 3 atom stereocenters. The molecule has 10 heteroatoms. The summed E-state index contributed by atoms with van der Waals surface area (Å²) in [6.45, 7) is 6.25. The zero-order valence-electron chi connectivity index (χ0n) is 22.4. The van der Waals surface area contributed by atoms with Crippen molar-refractivity contribution in [3.63, 3.8) is 0 Å². The zero-order valence-corrected chi connectivity index (χ0v) is 22.4. The van der Waals surface area contributed by atoms with Gasteiger partial charge in [-0.15, -0.1) is 0 Å². The number of amides is 4. The fourth-order valence-electron chi connectivity index (χ4n) is 5.57. The number of carbonyl (C=O) groups excluding carboxylic acids is 4. The van der Waals surface area contributed by atoms with Crippen LogP contribution in [0.3, 0.4) is 0 Å². The molecule has 9 nitrogen and oxygen atoms in total. The highest BCUT2D eigenvalue weighted by Crippen LogP contribution is 2.24. The molecule has 0 aliphatic carbocycles. The lowest BCUT2D eigenvalue weighted by Gasteiger charge is -2.34. The number of nitrogens with zero attached hydrogens (tertiary/aromatic N) is 2. The average Bonchev–Trinajstić information content (AvgIpc) is 3.40. The predicted octanol–water partition coefficient (Wildman–Crippen LogP) is 1.46. The molecule has 3 aliphatic rings. The van der Waals surface area contributed by atoms with Crippen LogP contribution in [0.5, 0.6) is 0 Å². The van der Waals surface area contributed by atoms with Gasteiger partial charge in [-0.25, -0.2) is 4.39 Å². The van der Waals surface area contributed by atoms with Gasteiger partial charge in [-0.2, -0.15) is 0 Å². The van der Waals surface area contributed by atoms with Crippen molar-refractivity contribution in [2.75, 3.05) is 39.3 Å². The van der Waals surface area contributed by atoms with Gasteiger partial charge in [0.25, 0.3) is 5.91 Å². The Kier molecular flexibility index (Phi) is 9.35. The van der Waals surface area contributed by atoms with Gasteiger partial charge in [0.1, 0.15) is 11.9 Å². The van der Waals surface area contributed by atoms with E-state index in [4.69, 9.17) is 0 Å². The Bertz CT molecular complexity index is 1040. The highest BCUT2D eigenvalue weighted by Gasteiger charge is 2.37. The summed E-state index contributed by atoms with van der Waals surface area (Å²) in [5.41, 5.74) is 0.754. The summed E-state index contributed by atoms with van der Waals surface area (Å²) in [6, 6.07) is 3.36. The van der Waals surface area contributed by atoms with Crippen LogP contribution in [0.15, 0.2) is 18.2 Å². The third-order valence-corrected chi connectivity index (χ3v) is 7.88. The Hall–Kier alpha value is -3.01. The van der Waals surface area contributed by atoms with Crippen LogP contribution >= 0.6 is 0 Å². The van der Waals surface area contributed by atoms with E-state index in [9.17, 15) is 23.6 Å². The molecule has 4 amide bonds. The van der Waals surface area contributed by atoms with Crippen molar-refractivity contribution >= 4 is 23.6 Å². The minimum absolute atomic E-state index is 0.0245. The second-order valence-corrected chi connectivity index (χ2v) is 11.0. The molecule has 38 heavy (non-hydrogen) atoms. The summed E-state index contributed by atoms with van der Waals surface area (Å²) in [7, 11) is 0. The monoisotopic (exact) mass is 529 g/mol. The van der Waals surface area contributed by atoms with Crippen LogP contribution in [0.4, 0.5) is 4.39 Å². The van der Waals surface area contributed by atoms with Crippen LogP contribution in [0.2, 0.25) is 0 Å². The third-order valence-electron chi connectivity index (χ3n) is 7.88. The number of rotatable bonds is 2. The van der Waals surface area contributed by atoms with Crippen LogP contribution in [0.1, 0.15) is 61.9 Å². The van der Waals surface area contributed by atoms with E-state index in [2.05, 4.69) is 16.0 Å². The lowest BCUT2D eigenvalue weighted by Crippen LogP contribution is -2.56. The van der Waals surface area contributed by atoms with Gasteiger partial charge >= 0.3 is 0 Å².